The summed E-state index contributed by atoms with van der Waals surface area (Å²) >= 11 is 11.8. The van der Waals surface area contributed by atoms with E-state index in [0.717, 1.165) is 19.4 Å². The van der Waals surface area contributed by atoms with Crippen molar-refractivity contribution in [2.45, 2.75) is 25.3 Å². The Morgan fingerprint density at radius 1 is 1.23 bits per heavy atom. The summed E-state index contributed by atoms with van der Waals surface area (Å²) in [6, 6.07) is 4.97. The summed E-state index contributed by atoms with van der Waals surface area (Å²) < 4.78 is 0. The highest BCUT2D eigenvalue weighted by molar-refractivity contribution is 6.35. The summed E-state index contributed by atoms with van der Waals surface area (Å²) in [6.07, 6.45) is 2.74. The Morgan fingerprint density at radius 2 is 1.91 bits per heavy atom. The number of benzene rings is 1. The van der Waals surface area contributed by atoms with Crippen LogP contribution in [0.25, 0.3) is 0 Å². The number of hydrogen-bond donors (Lipinski definition) is 2. The van der Waals surface area contributed by atoms with Crippen LogP contribution in [-0.4, -0.2) is 36.0 Å². The number of amides is 3. The van der Waals surface area contributed by atoms with Crippen LogP contribution in [0.15, 0.2) is 18.2 Å². The second kappa shape index (κ2) is 6.34. The molecule has 1 aliphatic carbocycles. The van der Waals surface area contributed by atoms with Crippen molar-refractivity contribution in [3.05, 3.63) is 28.2 Å². The maximum absolute atomic E-state index is 11.9. The predicted octanol–water partition coefficient (Wildman–Crippen LogP) is 3.13. The minimum atomic E-state index is -0.323. The van der Waals surface area contributed by atoms with E-state index in [1.54, 1.807) is 18.2 Å². The average Bonchev–Trinajstić information content (AvgIpc) is 3.19. The number of carbonyl (C=O) groups excluding carboxylic acids is 2. The van der Waals surface area contributed by atoms with E-state index < -0.39 is 0 Å². The molecule has 1 aliphatic heterocycles. The molecule has 0 radical (unpaired) electrons. The molecule has 2 fully saturated rings. The van der Waals surface area contributed by atoms with Crippen molar-refractivity contribution in [3.8, 4) is 0 Å². The van der Waals surface area contributed by atoms with Crippen LogP contribution in [0.2, 0.25) is 10.0 Å². The van der Waals surface area contributed by atoms with Gasteiger partial charge in [0.1, 0.15) is 0 Å². The standard InChI is InChI=1S/C15H17Cl2N3O2/c16-10-4-11(17)6-12(5-10)19-15(22)18-7-9-3-14(21)20(8-9)13-1-2-13/h4-6,9,13H,1-3,7-8H2,(H2,18,19,22)/t9-/m1/s1. The minimum absolute atomic E-state index is 0.182. The van der Waals surface area contributed by atoms with E-state index >= 15 is 0 Å². The fourth-order valence-corrected chi connectivity index (χ4v) is 3.25. The molecule has 3 rings (SSSR count). The molecule has 1 aromatic rings. The summed E-state index contributed by atoms with van der Waals surface area (Å²) in [7, 11) is 0. The first kappa shape index (κ1) is 15.4. The van der Waals surface area contributed by atoms with Gasteiger partial charge >= 0.3 is 6.03 Å². The van der Waals surface area contributed by atoms with Gasteiger partial charge in [0.2, 0.25) is 5.91 Å². The Morgan fingerprint density at radius 3 is 2.55 bits per heavy atom. The molecule has 1 atom stereocenters. The summed E-state index contributed by atoms with van der Waals surface area (Å²) in [4.78, 5) is 25.7. The Hall–Kier alpha value is -1.46. The van der Waals surface area contributed by atoms with Crippen LogP contribution < -0.4 is 10.6 Å². The first-order valence-electron chi connectivity index (χ1n) is 7.31. The number of halogens is 2. The van der Waals surface area contributed by atoms with E-state index in [1.165, 1.54) is 0 Å². The van der Waals surface area contributed by atoms with Crippen molar-refractivity contribution in [1.82, 2.24) is 10.2 Å². The van der Waals surface area contributed by atoms with Gasteiger partial charge in [0.05, 0.1) is 0 Å². The van der Waals surface area contributed by atoms with Crippen LogP contribution >= 0.6 is 23.2 Å². The summed E-state index contributed by atoms with van der Waals surface area (Å²) in [5.41, 5.74) is 0.539. The Kier molecular flexibility index (Phi) is 4.45. The van der Waals surface area contributed by atoms with E-state index in [-0.39, 0.29) is 17.9 Å². The number of hydrogen-bond acceptors (Lipinski definition) is 2. The number of anilines is 1. The molecule has 0 unspecified atom stereocenters. The van der Waals surface area contributed by atoms with Gasteiger partial charge in [-0.1, -0.05) is 23.2 Å². The molecule has 1 saturated heterocycles. The summed E-state index contributed by atoms with van der Waals surface area (Å²) in [5, 5.41) is 6.41. The van der Waals surface area contributed by atoms with E-state index in [4.69, 9.17) is 23.2 Å². The van der Waals surface area contributed by atoms with Crippen molar-refractivity contribution in [3.63, 3.8) is 0 Å². The smallest absolute Gasteiger partial charge is 0.319 e. The Labute approximate surface area is 138 Å². The van der Waals surface area contributed by atoms with Gasteiger partial charge in [-0.3, -0.25) is 4.79 Å². The molecule has 1 aromatic carbocycles. The molecule has 22 heavy (non-hydrogen) atoms. The van der Waals surface area contributed by atoms with Gasteiger partial charge in [-0.05, 0) is 31.0 Å². The number of carbonyl (C=O) groups is 2. The first-order valence-corrected chi connectivity index (χ1v) is 8.07. The zero-order valence-electron chi connectivity index (χ0n) is 11.9. The zero-order chi connectivity index (χ0) is 15.7. The number of likely N-dealkylation sites (tertiary alicyclic amines) is 1. The fourth-order valence-electron chi connectivity index (χ4n) is 2.72. The molecule has 2 N–H and O–H groups in total. The van der Waals surface area contributed by atoms with Gasteiger partial charge in [0, 0.05) is 47.2 Å². The van der Waals surface area contributed by atoms with Crippen molar-refractivity contribution < 1.29 is 9.59 Å². The average molecular weight is 342 g/mol. The largest absolute Gasteiger partial charge is 0.339 e. The van der Waals surface area contributed by atoms with E-state index in [0.29, 0.717) is 34.7 Å². The third kappa shape index (κ3) is 3.84. The molecule has 0 bridgehead atoms. The molecule has 2 aliphatic rings. The molecule has 118 valence electrons. The van der Waals surface area contributed by atoms with Crippen LogP contribution in [0, 0.1) is 5.92 Å². The monoisotopic (exact) mass is 341 g/mol. The lowest BCUT2D eigenvalue weighted by molar-refractivity contribution is -0.128. The highest BCUT2D eigenvalue weighted by Crippen LogP contribution is 2.32. The van der Waals surface area contributed by atoms with Crippen molar-refractivity contribution in [2.75, 3.05) is 18.4 Å². The SMILES string of the molecule is O=C(NC[C@H]1CC(=O)N(C2CC2)C1)Nc1cc(Cl)cc(Cl)c1. The van der Waals surface area contributed by atoms with E-state index in [1.807, 2.05) is 4.90 Å². The van der Waals surface area contributed by atoms with Gasteiger partial charge in [-0.15, -0.1) is 0 Å². The number of nitrogens with one attached hydrogen (secondary N) is 2. The number of rotatable bonds is 4. The van der Waals surface area contributed by atoms with Gasteiger partial charge in [0.15, 0.2) is 0 Å². The highest BCUT2D eigenvalue weighted by Gasteiger charge is 2.39. The van der Waals surface area contributed by atoms with Crippen LogP contribution in [0.1, 0.15) is 19.3 Å². The second-order valence-corrected chi connectivity index (χ2v) is 6.71. The molecule has 7 heteroatoms. The second-order valence-electron chi connectivity index (χ2n) is 5.84. The first-order chi connectivity index (χ1) is 10.5. The zero-order valence-corrected chi connectivity index (χ0v) is 13.5. The molecule has 1 heterocycles. The molecule has 1 saturated carbocycles. The van der Waals surface area contributed by atoms with Crippen LogP contribution in [0.5, 0.6) is 0 Å². The van der Waals surface area contributed by atoms with Crippen molar-refractivity contribution in [1.29, 1.82) is 0 Å². The van der Waals surface area contributed by atoms with Gasteiger partial charge in [-0.25, -0.2) is 4.79 Å². The molecule has 0 aromatic heterocycles. The Balaban J connectivity index is 1.47. The number of urea groups is 1. The predicted molar refractivity (Wildman–Crippen MR) is 86.3 cm³/mol. The number of nitrogens with zero attached hydrogens (tertiary/aromatic N) is 1. The third-order valence-electron chi connectivity index (χ3n) is 3.90. The van der Waals surface area contributed by atoms with Crippen LogP contribution in [0.3, 0.4) is 0 Å². The van der Waals surface area contributed by atoms with Crippen molar-refractivity contribution >= 4 is 40.8 Å². The summed E-state index contributed by atoms with van der Waals surface area (Å²) in [6.45, 7) is 1.22. The van der Waals surface area contributed by atoms with Crippen molar-refractivity contribution in [2.24, 2.45) is 5.92 Å². The van der Waals surface area contributed by atoms with Gasteiger partial charge in [-0.2, -0.15) is 0 Å². The topological polar surface area (TPSA) is 61.4 Å². The molecule has 3 amide bonds. The Bertz CT molecular complexity index is 584. The maximum atomic E-state index is 11.9. The van der Waals surface area contributed by atoms with E-state index in [2.05, 4.69) is 10.6 Å². The fraction of sp³-hybridized carbons (Fsp3) is 0.467. The molecular formula is C15H17Cl2N3O2. The molecule has 5 nitrogen and oxygen atoms in total. The normalized spacial score (nSPS) is 21.1. The van der Waals surface area contributed by atoms with E-state index in [9.17, 15) is 9.59 Å². The highest BCUT2D eigenvalue weighted by atomic mass is 35.5. The summed E-state index contributed by atoms with van der Waals surface area (Å²) in [5.74, 6) is 0.387. The lowest BCUT2D eigenvalue weighted by Gasteiger charge is -2.16. The third-order valence-corrected chi connectivity index (χ3v) is 4.33. The lowest BCUT2D eigenvalue weighted by atomic mass is 10.1. The van der Waals surface area contributed by atoms with Crippen LogP contribution in [0.4, 0.5) is 10.5 Å². The minimum Gasteiger partial charge on any atom is -0.339 e. The molecular weight excluding hydrogens is 325 g/mol. The van der Waals surface area contributed by atoms with Gasteiger partial charge in [0.25, 0.3) is 0 Å². The lowest BCUT2D eigenvalue weighted by Crippen LogP contribution is -2.34. The quantitative estimate of drug-likeness (QED) is 0.883. The molecule has 0 spiro atoms. The van der Waals surface area contributed by atoms with Gasteiger partial charge < -0.3 is 15.5 Å². The van der Waals surface area contributed by atoms with Crippen LogP contribution in [-0.2, 0) is 4.79 Å². The maximum Gasteiger partial charge on any atom is 0.319 e.